The van der Waals surface area contributed by atoms with E-state index in [9.17, 15) is 4.79 Å². The summed E-state index contributed by atoms with van der Waals surface area (Å²) in [5.41, 5.74) is 1.27. The highest BCUT2D eigenvalue weighted by molar-refractivity contribution is 9.10. The molecule has 0 saturated carbocycles. The first-order valence-electron chi connectivity index (χ1n) is 6.45. The van der Waals surface area contributed by atoms with Gasteiger partial charge in [0.05, 0.1) is 7.11 Å². The zero-order valence-electron chi connectivity index (χ0n) is 11.1. The van der Waals surface area contributed by atoms with Crippen LogP contribution in [-0.4, -0.2) is 55.5 Å². The summed E-state index contributed by atoms with van der Waals surface area (Å²) in [5, 5.41) is 0. The summed E-state index contributed by atoms with van der Waals surface area (Å²) in [7, 11) is 1.42. The molecule has 1 fully saturated rings. The Kier molecular flexibility index (Phi) is 5.22. The maximum atomic E-state index is 11.4. The number of carbonyl (C=O) groups excluding carboxylic acids is 1. The number of hydrogen-bond acceptors (Lipinski definition) is 4. The van der Waals surface area contributed by atoms with E-state index in [0.717, 1.165) is 26.2 Å². The molecule has 0 radical (unpaired) electrons. The lowest BCUT2D eigenvalue weighted by atomic mass is 10.2. The fourth-order valence-electron chi connectivity index (χ4n) is 2.26. The second-order valence-corrected chi connectivity index (χ2v) is 5.72. The minimum atomic E-state index is -0.235. The highest BCUT2D eigenvalue weighted by Crippen LogP contribution is 2.16. The van der Waals surface area contributed by atoms with Crippen LogP contribution in [0.1, 0.15) is 0 Å². The number of rotatable bonds is 4. The van der Waals surface area contributed by atoms with Crippen molar-refractivity contribution in [3.8, 4) is 0 Å². The van der Waals surface area contributed by atoms with Crippen molar-refractivity contribution in [2.75, 3.05) is 44.7 Å². The maximum absolute atomic E-state index is 11.4. The van der Waals surface area contributed by atoms with Gasteiger partial charge in [-0.1, -0.05) is 34.1 Å². The van der Waals surface area contributed by atoms with Gasteiger partial charge in [-0.3, -0.25) is 9.69 Å². The number of halogens is 1. The Morgan fingerprint density at radius 2 is 1.89 bits per heavy atom. The molecule has 0 aromatic heterocycles. The van der Waals surface area contributed by atoms with Gasteiger partial charge in [0.1, 0.15) is 4.83 Å². The van der Waals surface area contributed by atoms with Crippen molar-refractivity contribution in [1.82, 2.24) is 4.90 Å². The van der Waals surface area contributed by atoms with Crippen molar-refractivity contribution in [2.45, 2.75) is 4.83 Å². The summed E-state index contributed by atoms with van der Waals surface area (Å²) in [6.45, 7) is 4.62. The molecule has 1 atom stereocenters. The molecule has 0 aliphatic carbocycles. The average molecular weight is 327 g/mol. The highest BCUT2D eigenvalue weighted by Gasteiger charge is 2.22. The molecule has 19 heavy (non-hydrogen) atoms. The van der Waals surface area contributed by atoms with Crippen LogP contribution >= 0.6 is 15.9 Å². The third-order valence-electron chi connectivity index (χ3n) is 3.37. The normalized spacial score (nSPS) is 18.1. The van der Waals surface area contributed by atoms with Gasteiger partial charge in [-0.05, 0) is 12.1 Å². The quantitative estimate of drug-likeness (QED) is 0.623. The van der Waals surface area contributed by atoms with Crippen molar-refractivity contribution < 1.29 is 9.53 Å². The van der Waals surface area contributed by atoms with Gasteiger partial charge >= 0.3 is 5.97 Å². The Hall–Kier alpha value is -1.07. The average Bonchev–Trinajstić information content (AvgIpc) is 2.48. The number of anilines is 1. The van der Waals surface area contributed by atoms with Crippen molar-refractivity contribution in [3.63, 3.8) is 0 Å². The Morgan fingerprint density at radius 3 is 2.47 bits per heavy atom. The fourth-order valence-corrected chi connectivity index (χ4v) is 2.85. The number of ether oxygens (including phenoxy) is 1. The van der Waals surface area contributed by atoms with Crippen LogP contribution in [0.2, 0.25) is 0 Å². The number of hydrogen-bond donors (Lipinski definition) is 0. The first-order chi connectivity index (χ1) is 9.20. The van der Waals surface area contributed by atoms with E-state index in [1.165, 1.54) is 12.8 Å². The Bertz CT molecular complexity index is 405. The number of alkyl halides is 1. The van der Waals surface area contributed by atoms with Gasteiger partial charge in [-0.25, -0.2) is 0 Å². The smallest absolute Gasteiger partial charge is 0.320 e. The van der Waals surface area contributed by atoms with Gasteiger partial charge in [0.25, 0.3) is 0 Å². The largest absolute Gasteiger partial charge is 0.468 e. The number of carbonyl (C=O) groups is 1. The first-order valence-corrected chi connectivity index (χ1v) is 7.36. The summed E-state index contributed by atoms with van der Waals surface area (Å²) in [5.74, 6) is -0.203. The van der Waals surface area contributed by atoms with Crippen molar-refractivity contribution in [3.05, 3.63) is 30.3 Å². The number of benzene rings is 1. The molecule has 1 aromatic carbocycles. The van der Waals surface area contributed by atoms with Crippen LogP contribution in [0.4, 0.5) is 5.69 Å². The predicted octanol–water partition coefficient (Wildman–Crippen LogP) is 1.75. The van der Waals surface area contributed by atoms with Crippen molar-refractivity contribution in [2.24, 2.45) is 0 Å². The van der Waals surface area contributed by atoms with Gasteiger partial charge in [0.2, 0.25) is 0 Å². The van der Waals surface area contributed by atoms with E-state index in [2.05, 4.69) is 50.0 Å². The van der Waals surface area contributed by atoms with Crippen LogP contribution in [0.3, 0.4) is 0 Å². The second-order valence-electron chi connectivity index (χ2n) is 4.61. The molecule has 0 bridgehead atoms. The van der Waals surface area contributed by atoms with Crippen LogP contribution in [0, 0.1) is 0 Å². The molecule has 4 nitrogen and oxygen atoms in total. The van der Waals surface area contributed by atoms with E-state index < -0.39 is 0 Å². The van der Waals surface area contributed by atoms with Crippen LogP contribution in [0.15, 0.2) is 30.3 Å². The lowest BCUT2D eigenvalue weighted by molar-refractivity contribution is -0.140. The molecule has 104 valence electrons. The zero-order chi connectivity index (χ0) is 13.7. The summed E-state index contributed by atoms with van der Waals surface area (Å²) >= 11 is 3.37. The van der Waals surface area contributed by atoms with Crippen LogP contribution in [0.5, 0.6) is 0 Å². The minimum absolute atomic E-state index is 0.203. The van der Waals surface area contributed by atoms with Gasteiger partial charge in [-0.15, -0.1) is 0 Å². The Morgan fingerprint density at radius 1 is 1.26 bits per heavy atom. The van der Waals surface area contributed by atoms with E-state index in [0.29, 0.717) is 6.54 Å². The predicted molar refractivity (Wildman–Crippen MR) is 79.8 cm³/mol. The summed E-state index contributed by atoms with van der Waals surface area (Å²) < 4.78 is 4.72. The first kappa shape index (κ1) is 14.3. The minimum Gasteiger partial charge on any atom is -0.468 e. The molecule has 1 aromatic rings. The maximum Gasteiger partial charge on any atom is 0.320 e. The van der Waals surface area contributed by atoms with E-state index >= 15 is 0 Å². The Labute approximate surface area is 122 Å². The Balaban J connectivity index is 1.81. The van der Waals surface area contributed by atoms with E-state index in [4.69, 9.17) is 4.74 Å². The molecule has 0 N–H and O–H groups in total. The van der Waals surface area contributed by atoms with Crippen LogP contribution in [-0.2, 0) is 9.53 Å². The molecule has 1 aliphatic heterocycles. The SMILES string of the molecule is COC(=O)C(Br)CN1CCN(c2ccccc2)CC1. The highest BCUT2D eigenvalue weighted by atomic mass is 79.9. The van der Waals surface area contributed by atoms with Crippen LogP contribution < -0.4 is 4.90 Å². The van der Waals surface area contributed by atoms with E-state index in [1.807, 2.05) is 6.07 Å². The molecule has 1 unspecified atom stereocenters. The van der Waals surface area contributed by atoms with Gasteiger partial charge < -0.3 is 9.64 Å². The fraction of sp³-hybridized carbons (Fsp3) is 0.500. The lowest BCUT2D eigenvalue weighted by Gasteiger charge is -2.36. The third-order valence-corrected chi connectivity index (χ3v) is 4.03. The number of esters is 1. The third kappa shape index (κ3) is 3.94. The number of para-hydroxylation sites is 1. The number of piperazine rings is 1. The number of methoxy groups -OCH3 is 1. The van der Waals surface area contributed by atoms with Gasteiger partial charge in [-0.2, -0.15) is 0 Å². The van der Waals surface area contributed by atoms with E-state index in [1.54, 1.807) is 0 Å². The topological polar surface area (TPSA) is 32.8 Å². The zero-order valence-corrected chi connectivity index (χ0v) is 12.7. The molecule has 1 saturated heterocycles. The molecule has 2 rings (SSSR count). The molecule has 5 heteroatoms. The summed E-state index contributed by atoms with van der Waals surface area (Å²) in [4.78, 5) is 15.8. The van der Waals surface area contributed by atoms with Crippen LogP contribution in [0.25, 0.3) is 0 Å². The second kappa shape index (κ2) is 6.91. The van der Waals surface area contributed by atoms with E-state index in [-0.39, 0.29) is 10.8 Å². The summed E-state index contributed by atoms with van der Waals surface area (Å²) in [6, 6.07) is 10.4. The monoisotopic (exact) mass is 326 g/mol. The van der Waals surface area contributed by atoms with Gasteiger partial charge in [0, 0.05) is 38.4 Å². The molecule has 0 spiro atoms. The number of nitrogens with zero attached hydrogens (tertiary/aromatic N) is 2. The van der Waals surface area contributed by atoms with Gasteiger partial charge in [0.15, 0.2) is 0 Å². The standard InChI is InChI=1S/C14H19BrN2O2/c1-19-14(18)13(15)11-16-7-9-17(10-8-16)12-5-3-2-4-6-12/h2-6,13H,7-11H2,1H3. The van der Waals surface area contributed by atoms with Crippen molar-refractivity contribution in [1.29, 1.82) is 0 Å². The molecule has 1 aliphatic rings. The van der Waals surface area contributed by atoms with Crippen molar-refractivity contribution >= 4 is 27.6 Å². The molecule has 0 amide bonds. The molecular formula is C14H19BrN2O2. The molecule has 1 heterocycles. The lowest BCUT2D eigenvalue weighted by Crippen LogP contribution is -2.48. The molecular weight excluding hydrogens is 308 g/mol. The summed E-state index contributed by atoms with van der Waals surface area (Å²) in [6.07, 6.45) is 0.